The summed E-state index contributed by atoms with van der Waals surface area (Å²) in [6.07, 6.45) is 1.66. The lowest BCUT2D eigenvalue weighted by Crippen LogP contribution is -1.81. The van der Waals surface area contributed by atoms with Gasteiger partial charge >= 0.3 is 0 Å². The van der Waals surface area contributed by atoms with Gasteiger partial charge < -0.3 is 0 Å². The predicted molar refractivity (Wildman–Crippen MR) is 52.9 cm³/mol. The molecular formula is C8H6ClN3S. The molecule has 0 aromatic carbocycles. The van der Waals surface area contributed by atoms with E-state index in [2.05, 4.69) is 15.2 Å². The highest BCUT2D eigenvalue weighted by atomic mass is 35.5. The van der Waals surface area contributed by atoms with Crippen LogP contribution in [0.2, 0.25) is 5.02 Å². The molecule has 0 spiro atoms. The number of rotatable bonds is 1. The van der Waals surface area contributed by atoms with E-state index in [1.165, 1.54) is 11.3 Å². The molecule has 5 heteroatoms. The molecule has 0 aliphatic heterocycles. The van der Waals surface area contributed by atoms with E-state index >= 15 is 0 Å². The van der Waals surface area contributed by atoms with Crippen molar-refractivity contribution in [2.45, 2.75) is 6.92 Å². The average molecular weight is 212 g/mol. The molecule has 0 atom stereocenters. The van der Waals surface area contributed by atoms with Gasteiger partial charge in [0.15, 0.2) is 5.01 Å². The molecule has 0 saturated carbocycles. The number of halogens is 1. The fourth-order valence-electron chi connectivity index (χ4n) is 0.922. The molecule has 13 heavy (non-hydrogen) atoms. The Morgan fingerprint density at radius 2 is 2.23 bits per heavy atom. The van der Waals surface area contributed by atoms with Crippen LogP contribution in [0.25, 0.3) is 10.7 Å². The second kappa shape index (κ2) is 3.40. The third-order valence-corrected chi connectivity index (χ3v) is 2.56. The Bertz CT molecular complexity index is 427. The number of aryl methyl sites for hydroxylation is 1. The van der Waals surface area contributed by atoms with Gasteiger partial charge in [0.25, 0.3) is 0 Å². The van der Waals surface area contributed by atoms with Gasteiger partial charge in [-0.05, 0) is 19.1 Å². The number of nitrogens with zero attached hydrogens (tertiary/aromatic N) is 3. The van der Waals surface area contributed by atoms with Gasteiger partial charge in [-0.15, -0.1) is 10.2 Å². The summed E-state index contributed by atoms with van der Waals surface area (Å²) in [7, 11) is 0. The zero-order chi connectivity index (χ0) is 9.26. The molecule has 0 radical (unpaired) electrons. The molecule has 2 aromatic rings. The minimum atomic E-state index is 0.665. The smallest absolute Gasteiger partial charge is 0.166 e. The molecule has 0 amide bonds. The molecule has 2 aromatic heterocycles. The largest absolute Gasteiger partial charge is 0.254 e. The Morgan fingerprint density at radius 3 is 2.85 bits per heavy atom. The van der Waals surface area contributed by atoms with Gasteiger partial charge in [-0.25, -0.2) is 0 Å². The summed E-state index contributed by atoms with van der Waals surface area (Å²) in [4.78, 5) is 4.15. The van der Waals surface area contributed by atoms with Gasteiger partial charge in [0.05, 0.1) is 0 Å². The van der Waals surface area contributed by atoms with Crippen LogP contribution in [0.5, 0.6) is 0 Å². The maximum absolute atomic E-state index is 5.82. The summed E-state index contributed by atoms with van der Waals surface area (Å²) in [5.41, 5.74) is 0.776. The van der Waals surface area contributed by atoms with Crippen LogP contribution in [0.3, 0.4) is 0 Å². The summed E-state index contributed by atoms with van der Waals surface area (Å²) in [6, 6.07) is 3.51. The first-order valence-corrected chi connectivity index (χ1v) is 4.87. The Kier molecular flexibility index (Phi) is 2.24. The molecule has 0 aliphatic carbocycles. The Hall–Kier alpha value is -1.00. The first kappa shape index (κ1) is 8.59. The predicted octanol–water partition coefficient (Wildman–Crippen LogP) is 2.56. The fraction of sp³-hybridized carbons (Fsp3) is 0.125. The van der Waals surface area contributed by atoms with Crippen molar-refractivity contribution in [1.82, 2.24) is 15.2 Å². The molecule has 0 unspecified atom stereocenters. The van der Waals surface area contributed by atoms with Crippen molar-refractivity contribution in [3.05, 3.63) is 28.4 Å². The minimum absolute atomic E-state index is 0.665. The molecule has 0 aliphatic rings. The van der Waals surface area contributed by atoms with E-state index in [-0.39, 0.29) is 0 Å². The van der Waals surface area contributed by atoms with Crippen LogP contribution in [0.1, 0.15) is 5.01 Å². The zero-order valence-electron chi connectivity index (χ0n) is 6.86. The van der Waals surface area contributed by atoms with E-state index in [1.54, 1.807) is 18.3 Å². The van der Waals surface area contributed by atoms with E-state index in [0.29, 0.717) is 5.02 Å². The summed E-state index contributed by atoms with van der Waals surface area (Å²) in [5, 5.41) is 10.3. The number of pyridine rings is 1. The van der Waals surface area contributed by atoms with Crippen molar-refractivity contribution in [2.75, 3.05) is 0 Å². The topological polar surface area (TPSA) is 38.7 Å². The molecule has 2 heterocycles. The van der Waals surface area contributed by atoms with Crippen LogP contribution >= 0.6 is 22.9 Å². The summed E-state index contributed by atoms with van der Waals surface area (Å²) in [5.74, 6) is 0. The van der Waals surface area contributed by atoms with Crippen LogP contribution in [0.4, 0.5) is 0 Å². The normalized spacial score (nSPS) is 10.3. The van der Waals surface area contributed by atoms with Crippen molar-refractivity contribution in [1.29, 1.82) is 0 Å². The number of hydrogen-bond donors (Lipinski definition) is 0. The van der Waals surface area contributed by atoms with Crippen LogP contribution in [0.15, 0.2) is 18.3 Å². The molecule has 0 bridgehead atoms. The van der Waals surface area contributed by atoms with Gasteiger partial charge in [0.2, 0.25) is 0 Å². The average Bonchev–Trinajstić information content (AvgIpc) is 2.52. The fourth-order valence-corrected chi connectivity index (χ4v) is 1.74. The number of hydrogen-bond acceptors (Lipinski definition) is 4. The molecule has 3 nitrogen and oxygen atoms in total. The quantitative estimate of drug-likeness (QED) is 0.728. The second-order valence-electron chi connectivity index (χ2n) is 2.49. The highest BCUT2D eigenvalue weighted by molar-refractivity contribution is 7.14. The van der Waals surface area contributed by atoms with Crippen molar-refractivity contribution < 1.29 is 0 Å². The SMILES string of the molecule is Cc1nnc(-c2cc(Cl)ccn2)s1. The Balaban J connectivity index is 2.46. The lowest BCUT2D eigenvalue weighted by Gasteiger charge is -1.93. The molecule has 2 rings (SSSR count). The van der Waals surface area contributed by atoms with E-state index in [0.717, 1.165) is 15.7 Å². The van der Waals surface area contributed by atoms with Gasteiger partial charge in [0.1, 0.15) is 10.7 Å². The molecular weight excluding hydrogens is 206 g/mol. The maximum atomic E-state index is 5.82. The molecule has 66 valence electrons. The first-order valence-electron chi connectivity index (χ1n) is 3.68. The van der Waals surface area contributed by atoms with E-state index in [4.69, 9.17) is 11.6 Å². The number of aromatic nitrogens is 3. The van der Waals surface area contributed by atoms with Gasteiger partial charge in [0, 0.05) is 11.2 Å². The monoisotopic (exact) mass is 211 g/mol. The standard InChI is InChI=1S/C8H6ClN3S/c1-5-11-12-8(13-5)7-4-6(9)2-3-10-7/h2-4H,1H3. The lowest BCUT2D eigenvalue weighted by molar-refractivity contribution is 1.05. The Labute approximate surface area is 84.4 Å². The lowest BCUT2D eigenvalue weighted by atomic mass is 10.4. The summed E-state index contributed by atoms with van der Waals surface area (Å²) in [6.45, 7) is 1.91. The first-order chi connectivity index (χ1) is 6.25. The van der Waals surface area contributed by atoms with Crippen LogP contribution in [0, 0.1) is 6.92 Å². The molecule has 0 fully saturated rings. The van der Waals surface area contributed by atoms with Gasteiger partial charge in [-0.2, -0.15) is 0 Å². The maximum Gasteiger partial charge on any atom is 0.166 e. The van der Waals surface area contributed by atoms with E-state index in [9.17, 15) is 0 Å². The molecule has 0 saturated heterocycles. The Morgan fingerprint density at radius 1 is 1.38 bits per heavy atom. The summed E-state index contributed by atoms with van der Waals surface area (Å²) >= 11 is 7.32. The van der Waals surface area contributed by atoms with Crippen molar-refractivity contribution in [2.24, 2.45) is 0 Å². The second-order valence-corrected chi connectivity index (χ2v) is 4.10. The van der Waals surface area contributed by atoms with Crippen LogP contribution in [-0.4, -0.2) is 15.2 Å². The summed E-state index contributed by atoms with van der Waals surface area (Å²) < 4.78 is 0. The third-order valence-electron chi connectivity index (χ3n) is 1.47. The van der Waals surface area contributed by atoms with Gasteiger partial charge in [-0.1, -0.05) is 22.9 Å². The van der Waals surface area contributed by atoms with Gasteiger partial charge in [-0.3, -0.25) is 4.98 Å². The van der Waals surface area contributed by atoms with E-state index < -0.39 is 0 Å². The minimum Gasteiger partial charge on any atom is -0.254 e. The third kappa shape index (κ3) is 1.84. The van der Waals surface area contributed by atoms with Crippen LogP contribution in [-0.2, 0) is 0 Å². The van der Waals surface area contributed by atoms with Crippen LogP contribution < -0.4 is 0 Å². The van der Waals surface area contributed by atoms with Crippen molar-refractivity contribution in [3.63, 3.8) is 0 Å². The van der Waals surface area contributed by atoms with E-state index in [1.807, 2.05) is 6.92 Å². The molecule has 0 N–H and O–H groups in total. The highest BCUT2D eigenvalue weighted by Gasteiger charge is 2.04. The zero-order valence-corrected chi connectivity index (χ0v) is 8.43. The highest BCUT2D eigenvalue weighted by Crippen LogP contribution is 2.22. The van der Waals surface area contributed by atoms with Crippen molar-refractivity contribution >= 4 is 22.9 Å². The van der Waals surface area contributed by atoms with Crippen molar-refractivity contribution in [3.8, 4) is 10.7 Å².